The smallest absolute Gasteiger partial charge is 0.255 e. The second kappa shape index (κ2) is 5.66. The van der Waals surface area contributed by atoms with Gasteiger partial charge in [-0.1, -0.05) is 5.16 Å². The summed E-state index contributed by atoms with van der Waals surface area (Å²) in [6.45, 7) is 4.14. The van der Waals surface area contributed by atoms with E-state index < -0.39 is 0 Å². The van der Waals surface area contributed by atoms with Crippen LogP contribution in [0.4, 0.5) is 5.69 Å². The van der Waals surface area contributed by atoms with Crippen molar-refractivity contribution >= 4 is 27.5 Å². The minimum absolute atomic E-state index is 0.107. The zero-order valence-electron chi connectivity index (χ0n) is 11.6. The first kappa shape index (κ1) is 14.6. The molecule has 20 heavy (non-hydrogen) atoms. The highest BCUT2D eigenvalue weighted by atomic mass is 79.9. The molecule has 5 nitrogen and oxygen atoms in total. The van der Waals surface area contributed by atoms with Gasteiger partial charge in [0.05, 0.1) is 17.8 Å². The zero-order chi connectivity index (χ0) is 14.9. The lowest BCUT2D eigenvalue weighted by atomic mass is 10.1. The molecule has 1 amide bonds. The zero-order valence-corrected chi connectivity index (χ0v) is 13.2. The summed E-state index contributed by atoms with van der Waals surface area (Å²) in [7, 11) is 1.74. The van der Waals surface area contributed by atoms with E-state index in [1.807, 2.05) is 13.8 Å². The maximum Gasteiger partial charge on any atom is 0.255 e. The standard InChI is InChI=1S/C14H16BrN3O2/c1-8-12(9(2)20-17-8)7-18(3)14(19)11-6-10(16)4-5-13(11)15/h4-6H,7,16H2,1-3H3. The summed E-state index contributed by atoms with van der Waals surface area (Å²) >= 11 is 3.37. The van der Waals surface area contributed by atoms with E-state index in [1.54, 1.807) is 30.1 Å². The number of amides is 1. The number of nitrogens with two attached hydrogens (primary N) is 1. The van der Waals surface area contributed by atoms with Crippen molar-refractivity contribution in [2.24, 2.45) is 0 Å². The van der Waals surface area contributed by atoms with Crippen LogP contribution in [-0.4, -0.2) is 23.0 Å². The van der Waals surface area contributed by atoms with Crippen LogP contribution in [0.2, 0.25) is 0 Å². The number of anilines is 1. The van der Waals surface area contributed by atoms with Crippen molar-refractivity contribution in [3.05, 3.63) is 45.3 Å². The van der Waals surface area contributed by atoms with Crippen LogP contribution in [0.25, 0.3) is 0 Å². The molecule has 0 fully saturated rings. The van der Waals surface area contributed by atoms with Gasteiger partial charge in [0.1, 0.15) is 5.76 Å². The molecule has 1 aromatic heterocycles. The van der Waals surface area contributed by atoms with Gasteiger partial charge in [-0.05, 0) is 48.0 Å². The molecule has 0 radical (unpaired) electrons. The Bertz CT molecular complexity index is 632. The molecule has 0 aliphatic rings. The van der Waals surface area contributed by atoms with Crippen molar-refractivity contribution in [1.29, 1.82) is 0 Å². The number of carbonyl (C=O) groups excluding carboxylic acids is 1. The highest BCUT2D eigenvalue weighted by molar-refractivity contribution is 9.10. The van der Waals surface area contributed by atoms with E-state index in [0.717, 1.165) is 21.5 Å². The highest BCUT2D eigenvalue weighted by Gasteiger charge is 2.18. The third-order valence-electron chi connectivity index (χ3n) is 3.14. The monoisotopic (exact) mass is 337 g/mol. The van der Waals surface area contributed by atoms with Gasteiger partial charge in [-0.3, -0.25) is 4.79 Å². The molecular formula is C14H16BrN3O2. The van der Waals surface area contributed by atoms with Gasteiger partial charge in [-0.25, -0.2) is 0 Å². The fourth-order valence-electron chi connectivity index (χ4n) is 1.95. The van der Waals surface area contributed by atoms with Crippen molar-refractivity contribution in [3.8, 4) is 0 Å². The summed E-state index contributed by atoms with van der Waals surface area (Å²) in [5.74, 6) is 0.623. The van der Waals surface area contributed by atoms with Gasteiger partial charge in [-0.2, -0.15) is 0 Å². The van der Waals surface area contributed by atoms with Crippen LogP contribution in [0.1, 0.15) is 27.4 Å². The summed E-state index contributed by atoms with van der Waals surface area (Å²) in [5, 5.41) is 3.89. The highest BCUT2D eigenvalue weighted by Crippen LogP contribution is 2.22. The molecule has 2 aromatic rings. The number of benzene rings is 1. The fraction of sp³-hybridized carbons (Fsp3) is 0.286. The lowest BCUT2D eigenvalue weighted by Crippen LogP contribution is -2.27. The molecule has 106 valence electrons. The Morgan fingerprint density at radius 1 is 1.45 bits per heavy atom. The Balaban J connectivity index is 2.23. The van der Waals surface area contributed by atoms with Crippen molar-refractivity contribution in [2.75, 3.05) is 12.8 Å². The van der Waals surface area contributed by atoms with E-state index in [9.17, 15) is 4.79 Å². The summed E-state index contributed by atoms with van der Waals surface area (Å²) in [5.41, 5.74) is 8.56. The van der Waals surface area contributed by atoms with Gasteiger partial charge < -0.3 is 15.2 Å². The van der Waals surface area contributed by atoms with Crippen LogP contribution in [0.15, 0.2) is 27.2 Å². The Hall–Kier alpha value is -1.82. The van der Waals surface area contributed by atoms with Crippen LogP contribution in [0, 0.1) is 13.8 Å². The molecule has 0 unspecified atom stereocenters. The summed E-state index contributed by atoms with van der Waals surface area (Å²) in [6.07, 6.45) is 0. The van der Waals surface area contributed by atoms with Crippen LogP contribution < -0.4 is 5.73 Å². The molecule has 0 aliphatic heterocycles. The number of nitrogens with zero attached hydrogens (tertiary/aromatic N) is 2. The van der Waals surface area contributed by atoms with Crippen molar-refractivity contribution in [1.82, 2.24) is 10.1 Å². The second-order valence-electron chi connectivity index (χ2n) is 4.70. The molecule has 1 aromatic carbocycles. The second-order valence-corrected chi connectivity index (χ2v) is 5.56. The summed E-state index contributed by atoms with van der Waals surface area (Å²) < 4.78 is 5.83. The molecule has 0 saturated heterocycles. The van der Waals surface area contributed by atoms with Crippen LogP contribution in [-0.2, 0) is 6.54 Å². The quantitative estimate of drug-likeness (QED) is 0.874. The number of carbonyl (C=O) groups is 1. The van der Waals surface area contributed by atoms with Crippen LogP contribution >= 0.6 is 15.9 Å². The Morgan fingerprint density at radius 3 is 2.75 bits per heavy atom. The van der Waals surface area contributed by atoms with Crippen molar-refractivity contribution in [3.63, 3.8) is 0 Å². The first-order valence-corrected chi connectivity index (χ1v) is 6.91. The first-order valence-electron chi connectivity index (χ1n) is 6.12. The van der Waals surface area contributed by atoms with Gasteiger partial charge in [0.2, 0.25) is 0 Å². The molecule has 0 bridgehead atoms. The molecule has 0 spiro atoms. The van der Waals surface area contributed by atoms with Gasteiger partial charge >= 0.3 is 0 Å². The van der Waals surface area contributed by atoms with Gasteiger partial charge in [0.15, 0.2) is 0 Å². The SMILES string of the molecule is Cc1noc(C)c1CN(C)C(=O)c1cc(N)ccc1Br. The van der Waals surface area contributed by atoms with E-state index >= 15 is 0 Å². The minimum Gasteiger partial charge on any atom is -0.399 e. The van der Waals surface area contributed by atoms with E-state index in [4.69, 9.17) is 10.3 Å². The molecule has 2 rings (SSSR count). The van der Waals surface area contributed by atoms with E-state index in [1.165, 1.54) is 0 Å². The fourth-order valence-corrected chi connectivity index (χ4v) is 2.37. The Labute approximate surface area is 125 Å². The number of hydrogen-bond donors (Lipinski definition) is 1. The molecule has 0 aliphatic carbocycles. The van der Waals surface area contributed by atoms with E-state index in [-0.39, 0.29) is 5.91 Å². The van der Waals surface area contributed by atoms with Crippen LogP contribution in [0.5, 0.6) is 0 Å². The number of aryl methyl sites for hydroxylation is 2. The Kier molecular flexibility index (Phi) is 4.13. The molecule has 0 saturated carbocycles. The predicted octanol–water partition coefficient (Wildman–Crippen LogP) is 2.91. The normalized spacial score (nSPS) is 10.6. The van der Waals surface area contributed by atoms with E-state index in [0.29, 0.717) is 17.8 Å². The predicted molar refractivity (Wildman–Crippen MR) is 80.3 cm³/mol. The van der Waals surface area contributed by atoms with Gasteiger partial charge in [0.25, 0.3) is 5.91 Å². The van der Waals surface area contributed by atoms with E-state index in [2.05, 4.69) is 21.1 Å². The number of nitrogen functional groups attached to an aromatic ring is 1. The molecule has 2 N–H and O–H groups in total. The summed E-state index contributed by atoms with van der Waals surface area (Å²) in [4.78, 5) is 14.1. The van der Waals surface area contributed by atoms with Crippen molar-refractivity contribution in [2.45, 2.75) is 20.4 Å². The first-order chi connectivity index (χ1) is 9.40. The van der Waals surface area contributed by atoms with Gasteiger partial charge in [0, 0.05) is 22.8 Å². The molecule has 0 atom stereocenters. The maximum atomic E-state index is 12.5. The lowest BCUT2D eigenvalue weighted by Gasteiger charge is -2.18. The number of hydrogen-bond acceptors (Lipinski definition) is 4. The number of rotatable bonds is 3. The topological polar surface area (TPSA) is 72.4 Å². The number of aromatic nitrogens is 1. The molecular weight excluding hydrogens is 322 g/mol. The maximum absolute atomic E-state index is 12.5. The summed E-state index contributed by atoms with van der Waals surface area (Å²) in [6, 6.07) is 5.18. The Morgan fingerprint density at radius 2 is 2.15 bits per heavy atom. The third kappa shape index (κ3) is 2.85. The largest absolute Gasteiger partial charge is 0.399 e. The van der Waals surface area contributed by atoms with Crippen molar-refractivity contribution < 1.29 is 9.32 Å². The average molecular weight is 338 g/mol. The average Bonchev–Trinajstić information content (AvgIpc) is 2.72. The number of halogens is 1. The van der Waals surface area contributed by atoms with Crippen LogP contribution in [0.3, 0.4) is 0 Å². The molecule has 6 heteroatoms. The third-order valence-corrected chi connectivity index (χ3v) is 3.84. The van der Waals surface area contributed by atoms with Gasteiger partial charge in [-0.15, -0.1) is 0 Å². The molecule has 1 heterocycles. The lowest BCUT2D eigenvalue weighted by molar-refractivity contribution is 0.0783. The minimum atomic E-state index is -0.107.